The van der Waals surface area contributed by atoms with Gasteiger partial charge in [0.1, 0.15) is 5.75 Å². The number of benzene rings is 1. The number of aromatic hydroxyl groups is 1. The molecule has 0 spiro atoms. The summed E-state index contributed by atoms with van der Waals surface area (Å²) in [7, 11) is 2.20. The van der Waals surface area contributed by atoms with Crippen LogP contribution < -0.4 is 4.90 Å². The Morgan fingerprint density at radius 1 is 1.00 bits per heavy atom. The molecule has 0 bridgehead atoms. The highest BCUT2D eigenvalue weighted by Gasteiger charge is 2.39. The van der Waals surface area contributed by atoms with Crippen LogP contribution in [0.15, 0.2) is 36.4 Å². The number of anilines is 1. The van der Waals surface area contributed by atoms with Gasteiger partial charge in [0.2, 0.25) is 0 Å². The van der Waals surface area contributed by atoms with E-state index in [1.54, 1.807) is 12.1 Å². The Balaban J connectivity index is 0.00000156. The predicted octanol–water partition coefficient (Wildman–Crippen LogP) is 2.27. The fourth-order valence-electron chi connectivity index (χ4n) is 3.73. The molecule has 2 aliphatic rings. The third-order valence-electron chi connectivity index (χ3n) is 4.79. The highest BCUT2D eigenvalue weighted by Crippen LogP contribution is 2.32. The molecule has 1 N–H and O–H groups in total. The number of rotatable bonds is 2. The van der Waals surface area contributed by atoms with Crippen LogP contribution in [-0.2, 0) is 0 Å². The van der Waals surface area contributed by atoms with Crippen molar-refractivity contribution in [1.29, 1.82) is 0 Å². The summed E-state index contributed by atoms with van der Waals surface area (Å²) in [6.07, 6.45) is 0. The van der Waals surface area contributed by atoms with Crippen molar-refractivity contribution in [3.8, 4) is 17.0 Å². The van der Waals surface area contributed by atoms with Crippen molar-refractivity contribution in [2.45, 2.75) is 0 Å². The molecular formula is C17H21ClN4O. The minimum absolute atomic E-state index is 0. The van der Waals surface area contributed by atoms with Gasteiger partial charge in [-0.3, -0.25) is 0 Å². The summed E-state index contributed by atoms with van der Waals surface area (Å²) in [6, 6.07) is 11.1. The van der Waals surface area contributed by atoms with Crippen LogP contribution in [0.1, 0.15) is 0 Å². The van der Waals surface area contributed by atoms with E-state index in [4.69, 9.17) is 0 Å². The molecular weight excluding hydrogens is 312 g/mol. The van der Waals surface area contributed by atoms with Gasteiger partial charge in [-0.25, -0.2) is 0 Å². The number of hydrogen-bond acceptors (Lipinski definition) is 5. The molecule has 4 rings (SSSR count). The highest BCUT2D eigenvalue weighted by atomic mass is 35.5. The first-order valence-electron chi connectivity index (χ1n) is 7.75. The molecule has 0 radical (unpaired) electrons. The van der Waals surface area contributed by atoms with Crippen LogP contribution in [0.3, 0.4) is 0 Å². The molecule has 1 aromatic heterocycles. The van der Waals surface area contributed by atoms with Gasteiger partial charge in [0, 0.05) is 31.7 Å². The lowest BCUT2D eigenvalue weighted by Gasteiger charge is -2.19. The fourth-order valence-corrected chi connectivity index (χ4v) is 3.73. The van der Waals surface area contributed by atoms with Crippen molar-refractivity contribution in [3.63, 3.8) is 0 Å². The minimum atomic E-state index is 0. The van der Waals surface area contributed by atoms with E-state index in [9.17, 15) is 5.11 Å². The molecule has 122 valence electrons. The van der Waals surface area contributed by atoms with E-state index in [1.807, 2.05) is 24.3 Å². The van der Waals surface area contributed by atoms with E-state index in [0.717, 1.165) is 42.0 Å². The van der Waals surface area contributed by atoms with E-state index >= 15 is 0 Å². The van der Waals surface area contributed by atoms with E-state index in [-0.39, 0.29) is 18.2 Å². The molecule has 0 saturated carbocycles. The molecule has 1 aromatic carbocycles. The van der Waals surface area contributed by atoms with Crippen molar-refractivity contribution < 1.29 is 5.11 Å². The SMILES string of the molecule is CN1CC2CN(c3ccc(-c4cccc(O)c4)nn3)CC2C1.Cl. The maximum atomic E-state index is 9.55. The molecule has 2 aromatic rings. The molecule has 5 nitrogen and oxygen atoms in total. The molecule has 0 amide bonds. The third-order valence-corrected chi connectivity index (χ3v) is 4.79. The van der Waals surface area contributed by atoms with Gasteiger partial charge >= 0.3 is 0 Å². The molecule has 3 heterocycles. The van der Waals surface area contributed by atoms with Crippen LogP contribution >= 0.6 is 12.4 Å². The summed E-state index contributed by atoms with van der Waals surface area (Å²) in [4.78, 5) is 4.77. The summed E-state index contributed by atoms with van der Waals surface area (Å²) >= 11 is 0. The normalized spacial score (nSPS) is 23.6. The van der Waals surface area contributed by atoms with Crippen molar-refractivity contribution in [2.75, 3.05) is 38.1 Å². The maximum Gasteiger partial charge on any atom is 0.151 e. The number of hydrogen-bond donors (Lipinski definition) is 1. The van der Waals surface area contributed by atoms with Crippen LogP contribution in [0.5, 0.6) is 5.75 Å². The number of phenolic OH excluding ortho intramolecular Hbond substituents is 1. The van der Waals surface area contributed by atoms with E-state index < -0.39 is 0 Å². The van der Waals surface area contributed by atoms with Gasteiger partial charge in [-0.2, -0.15) is 0 Å². The average molecular weight is 333 g/mol. The number of likely N-dealkylation sites (tertiary alicyclic amines) is 1. The first-order valence-corrected chi connectivity index (χ1v) is 7.75. The molecule has 2 saturated heterocycles. The summed E-state index contributed by atoms with van der Waals surface area (Å²) in [6.45, 7) is 4.54. The fraction of sp³-hybridized carbons (Fsp3) is 0.412. The zero-order chi connectivity index (χ0) is 15.1. The van der Waals surface area contributed by atoms with Gasteiger partial charge < -0.3 is 14.9 Å². The summed E-state index contributed by atoms with van der Waals surface area (Å²) in [5.74, 6) is 2.73. The third kappa shape index (κ3) is 3.12. The number of halogens is 1. The number of fused-ring (bicyclic) bond motifs is 1. The standard InChI is InChI=1S/C17H20N4O.ClH/c1-20-8-13-10-21(11-14(13)9-20)17-6-5-16(18-19-17)12-3-2-4-15(22)7-12;/h2-7,13-14,22H,8-11H2,1H3;1H. The summed E-state index contributed by atoms with van der Waals surface area (Å²) in [5, 5.41) is 18.3. The first kappa shape index (κ1) is 16.0. The van der Waals surface area contributed by atoms with E-state index in [1.165, 1.54) is 13.1 Å². The van der Waals surface area contributed by atoms with Gasteiger partial charge in [0.15, 0.2) is 5.82 Å². The van der Waals surface area contributed by atoms with Gasteiger partial charge in [-0.05, 0) is 43.1 Å². The Kier molecular flexibility index (Phi) is 4.41. The molecule has 2 aliphatic heterocycles. The second-order valence-electron chi connectivity index (χ2n) is 6.47. The van der Waals surface area contributed by atoms with Crippen LogP contribution in [0, 0.1) is 11.8 Å². The van der Waals surface area contributed by atoms with E-state index in [2.05, 4.69) is 27.0 Å². The Morgan fingerprint density at radius 2 is 1.74 bits per heavy atom. The second kappa shape index (κ2) is 6.34. The van der Waals surface area contributed by atoms with Crippen LogP contribution in [0.2, 0.25) is 0 Å². The highest BCUT2D eigenvalue weighted by molar-refractivity contribution is 5.85. The van der Waals surface area contributed by atoms with Crippen LogP contribution in [0.4, 0.5) is 5.82 Å². The molecule has 2 atom stereocenters. The number of phenols is 1. The Morgan fingerprint density at radius 3 is 2.35 bits per heavy atom. The molecule has 23 heavy (non-hydrogen) atoms. The Hall–Kier alpha value is -1.85. The maximum absolute atomic E-state index is 9.55. The quantitative estimate of drug-likeness (QED) is 0.914. The molecule has 2 fully saturated rings. The lowest BCUT2D eigenvalue weighted by atomic mass is 10.0. The zero-order valence-electron chi connectivity index (χ0n) is 13.1. The Labute approximate surface area is 142 Å². The van der Waals surface area contributed by atoms with Gasteiger partial charge in [-0.1, -0.05) is 12.1 Å². The molecule has 2 unspecified atom stereocenters. The van der Waals surface area contributed by atoms with Crippen LogP contribution in [-0.4, -0.2) is 53.4 Å². The number of nitrogens with zero attached hydrogens (tertiary/aromatic N) is 4. The van der Waals surface area contributed by atoms with Gasteiger partial charge in [-0.15, -0.1) is 22.6 Å². The minimum Gasteiger partial charge on any atom is -0.508 e. The topological polar surface area (TPSA) is 52.5 Å². The molecule has 6 heteroatoms. The first-order chi connectivity index (χ1) is 10.7. The van der Waals surface area contributed by atoms with E-state index in [0.29, 0.717) is 0 Å². The number of aromatic nitrogens is 2. The Bertz CT molecular complexity index is 665. The zero-order valence-corrected chi connectivity index (χ0v) is 13.9. The van der Waals surface area contributed by atoms with Gasteiger partial charge in [0.25, 0.3) is 0 Å². The summed E-state index contributed by atoms with van der Waals surface area (Å²) in [5.41, 5.74) is 1.68. The van der Waals surface area contributed by atoms with Crippen molar-refractivity contribution >= 4 is 18.2 Å². The van der Waals surface area contributed by atoms with Crippen molar-refractivity contribution in [2.24, 2.45) is 11.8 Å². The van der Waals surface area contributed by atoms with Crippen molar-refractivity contribution in [1.82, 2.24) is 15.1 Å². The monoisotopic (exact) mass is 332 g/mol. The van der Waals surface area contributed by atoms with Crippen LogP contribution in [0.25, 0.3) is 11.3 Å². The second-order valence-corrected chi connectivity index (χ2v) is 6.47. The lowest BCUT2D eigenvalue weighted by Crippen LogP contribution is -2.27. The largest absolute Gasteiger partial charge is 0.508 e. The smallest absolute Gasteiger partial charge is 0.151 e. The molecule has 0 aliphatic carbocycles. The lowest BCUT2D eigenvalue weighted by molar-refractivity contribution is 0.387. The van der Waals surface area contributed by atoms with Crippen molar-refractivity contribution in [3.05, 3.63) is 36.4 Å². The predicted molar refractivity (Wildman–Crippen MR) is 93.1 cm³/mol. The van der Waals surface area contributed by atoms with Gasteiger partial charge in [0.05, 0.1) is 5.69 Å². The summed E-state index contributed by atoms with van der Waals surface area (Å²) < 4.78 is 0. The average Bonchev–Trinajstić information content (AvgIpc) is 3.05.